The van der Waals surface area contributed by atoms with E-state index in [1.807, 2.05) is 43.3 Å². The summed E-state index contributed by atoms with van der Waals surface area (Å²) in [5.74, 6) is 1.26. The second-order valence-corrected chi connectivity index (χ2v) is 16.5. The summed E-state index contributed by atoms with van der Waals surface area (Å²) in [5.41, 5.74) is 0.897. The quantitative estimate of drug-likeness (QED) is 0.152. The van der Waals surface area contributed by atoms with Crippen molar-refractivity contribution in [2.75, 3.05) is 26.9 Å². The lowest BCUT2D eigenvalue weighted by molar-refractivity contribution is -0.265. The fourth-order valence-electron chi connectivity index (χ4n) is 12.2. The van der Waals surface area contributed by atoms with Crippen molar-refractivity contribution in [3.63, 3.8) is 0 Å². The van der Waals surface area contributed by atoms with Crippen LogP contribution in [0.2, 0.25) is 0 Å². The van der Waals surface area contributed by atoms with Crippen molar-refractivity contribution < 1.29 is 38.0 Å². The Labute approximate surface area is 296 Å². The summed E-state index contributed by atoms with van der Waals surface area (Å²) >= 11 is 0. The number of esters is 1. The molecule has 268 valence electrons. The van der Waals surface area contributed by atoms with Gasteiger partial charge in [-0.1, -0.05) is 99.5 Å². The maximum atomic E-state index is 16.1. The summed E-state index contributed by atoms with van der Waals surface area (Å²) in [6.07, 6.45) is 4.23. The number of hydrogen-bond acceptors (Lipinski definition) is 8. The molecular weight excluding hydrogens is 632 g/mol. The average Bonchev–Trinajstić information content (AvgIpc) is 3.39. The molecule has 3 saturated heterocycles. The molecule has 3 aliphatic heterocycles. The van der Waals surface area contributed by atoms with Gasteiger partial charge in [-0.15, -0.1) is 0 Å². The topological polar surface area (TPSA) is 85.0 Å². The smallest absolute Gasteiger partial charge is 0.318 e. The van der Waals surface area contributed by atoms with E-state index in [-0.39, 0.29) is 48.1 Å². The summed E-state index contributed by atoms with van der Waals surface area (Å²) in [5, 5.41) is 0. The van der Waals surface area contributed by atoms with E-state index >= 15 is 4.79 Å². The van der Waals surface area contributed by atoms with Crippen LogP contribution in [0.25, 0.3) is 0 Å². The highest BCUT2D eigenvalue weighted by Gasteiger charge is 2.87. The first-order chi connectivity index (χ1) is 24.3. The zero-order valence-electron chi connectivity index (χ0n) is 30.0. The highest BCUT2D eigenvalue weighted by molar-refractivity contribution is 5.87. The van der Waals surface area contributed by atoms with Crippen LogP contribution in [0.15, 0.2) is 72.3 Å². The van der Waals surface area contributed by atoms with Crippen LogP contribution in [0.5, 0.6) is 0 Å². The Bertz CT molecular complexity index is 1560. The fourth-order valence-corrected chi connectivity index (χ4v) is 12.2. The van der Waals surface area contributed by atoms with Crippen molar-refractivity contribution in [2.45, 2.75) is 96.5 Å². The number of carbonyl (C=O) groups excluding carboxylic acids is 1. The van der Waals surface area contributed by atoms with Gasteiger partial charge in [0, 0.05) is 17.9 Å². The zero-order chi connectivity index (χ0) is 34.4. The van der Waals surface area contributed by atoms with Crippen LogP contribution in [-0.4, -0.2) is 69.9 Å². The molecule has 0 radical (unpaired) electrons. The highest BCUT2D eigenvalue weighted by atomic mass is 16.8. The first-order valence-electron chi connectivity index (χ1n) is 19.0. The van der Waals surface area contributed by atoms with Gasteiger partial charge in [0.05, 0.1) is 25.9 Å². The van der Waals surface area contributed by atoms with Crippen molar-refractivity contribution in [2.24, 2.45) is 45.8 Å². The third-order valence-electron chi connectivity index (χ3n) is 14.1. The van der Waals surface area contributed by atoms with E-state index in [1.54, 1.807) is 7.11 Å². The third kappa shape index (κ3) is 4.48. The summed E-state index contributed by atoms with van der Waals surface area (Å²) < 4.78 is 45.6. The average molecular weight is 685 g/mol. The monoisotopic (exact) mass is 684 g/mol. The van der Waals surface area contributed by atoms with Crippen LogP contribution in [0, 0.1) is 45.8 Å². The molecule has 3 heterocycles. The number of hydrogen-bond donors (Lipinski definition) is 0. The van der Waals surface area contributed by atoms with Crippen molar-refractivity contribution in [3.05, 3.63) is 83.4 Å². The number of benzene rings is 2. The predicted molar refractivity (Wildman–Crippen MR) is 185 cm³/mol. The number of rotatable bonds is 10. The summed E-state index contributed by atoms with van der Waals surface area (Å²) in [6, 6.07) is 20.3. The number of epoxide rings is 1. The molecular formula is C42H52O8. The number of fused-ring (bicyclic) bond motifs is 3. The van der Waals surface area contributed by atoms with Crippen LogP contribution < -0.4 is 0 Å². The Morgan fingerprint density at radius 3 is 2.22 bits per heavy atom. The molecule has 2 aromatic carbocycles. The highest BCUT2D eigenvalue weighted by Crippen LogP contribution is 2.84. The second-order valence-electron chi connectivity index (χ2n) is 16.5. The zero-order valence-corrected chi connectivity index (χ0v) is 30.0. The maximum absolute atomic E-state index is 16.1. The normalized spacial score (nSPS) is 42.9. The van der Waals surface area contributed by atoms with E-state index < -0.39 is 34.9 Å². The molecule has 3 saturated carbocycles. The molecule has 9 rings (SSSR count). The Kier molecular flexibility index (Phi) is 8.14. The van der Waals surface area contributed by atoms with Crippen LogP contribution >= 0.6 is 0 Å². The van der Waals surface area contributed by atoms with Crippen LogP contribution in [0.3, 0.4) is 0 Å². The lowest BCUT2D eigenvalue weighted by atomic mass is 9.42. The molecule has 4 bridgehead atoms. The third-order valence-corrected chi connectivity index (χ3v) is 14.1. The molecule has 2 aromatic rings. The number of ether oxygens (including phenoxy) is 7. The van der Waals surface area contributed by atoms with E-state index in [0.29, 0.717) is 31.7 Å². The molecule has 0 amide bonds. The summed E-state index contributed by atoms with van der Waals surface area (Å²) in [7, 11) is 1.71. The molecule has 0 N–H and O–H groups in total. The van der Waals surface area contributed by atoms with Gasteiger partial charge in [-0.2, -0.15) is 0 Å². The number of carbonyl (C=O) groups is 1. The van der Waals surface area contributed by atoms with Crippen molar-refractivity contribution >= 4 is 5.97 Å². The van der Waals surface area contributed by atoms with Crippen molar-refractivity contribution in [1.29, 1.82) is 0 Å². The molecule has 7 aliphatic rings. The first kappa shape index (κ1) is 33.3. The Morgan fingerprint density at radius 2 is 1.58 bits per heavy atom. The lowest BCUT2D eigenvalue weighted by Crippen LogP contribution is -2.67. The van der Waals surface area contributed by atoms with E-state index in [2.05, 4.69) is 51.1 Å². The predicted octanol–water partition coefficient (Wildman–Crippen LogP) is 6.88. The fraction of sp³-hybridized carbons (Fsp3) is 0.643. The van der Waals surface area contributed by atoms with Gasteiger partial charge in [0.1, 0.15) is 23.7 Å². The summed E-state index contributed by atoms with van der Waals surface area (Å²) in [4.78, 5) is 16.1. The lowest BCUT2D eigenvalue weighted by Gasteiger charge is -2.62. The van der Waals surface area contributed by atoms with Gasteiger partial charge in [-0.05, 0) is 66.9 Å². The van der Waals surface area contributed by atoms with E-state index in [1.165, 1.54) is 0 Å². The minimum atomic E-state index is -1.01. The first-order valence-corrected chi connectivity index (χ1v) is 19.0. The molecule has 0 spiro atoms. The second kappa shape index (κ2) is 12.2. The van der Waals surface area contributed by atoms with Gasteiger partial charge in [-0.3, -0.25) is 4.79 Å². The molecule has 6 fully saturated rings. The van der Waals surface area contributed by atoms with Crippen LogP contribution in [0.4, 0.5) is 0 Å². The minimum Gasteiger partial charge on any atom is -0.452 e. The van der Waals surface area contributed by atoms with Gasteiger partial charge in [0.15, 0.2) is 18.7 Å². The molecule has 8 heteroatoms. The van der Waals surface area contributed by atoms with Gasteiger partial charge >= 0.3 is 5.97 Å². The Morgan fingerprint density at radius 1 is 0.900 bits per heavy atom. The molecule has 4 aliphatic carbocycles. The van der Waals surface area contributed by atoms with Crippen LogP contribution in [0.1, 0.15) is 70.6 Å². The molecule has 0 aromatic heterocycles. The molecule has 50 heavy (non-hydrogen) atoms. The largest absolute Gasteiger partial charge is 0.452 e. The van der Waals surface area contributed by atoms with Crippen molar-refractivity contribution in [1.82, 2.24) is 0 Å². The van der Waals surface area contributed by atoms with E-state index in [0.717, 1.165) is 42.4 Å². The number of methoxy groups -OCH3 is 1. The SMILES string of the molecule is CO[C@H]1[C@@H]2O[C@@H]2[C@H](OCC23CC4C(C)CCC4C4(C5OCCO5)CC2C=C(C(C)C)C34C(=O)OC(c2ccccc2)c2ccccc2)O[C@@H]1C. The van der Waals surface area contributed by atoms with Gasteiger partial charge in [0.25, 0.3) is 0 Å². The Hall–Kier alpha value is -2.59. The molecule has 7 unspecified atom stereocenters. The standard InChI is InChI=1S/C42H52O8/c1-24(2)32-20-29-21-41(39-45-18-19-46-39)31-17-16-25(3)30(31)22-40(29,23-47-37-36-35(49-36)33(44-5)26(4)48-37)42(32,41)38(43)50-34(27-12-8-6-9-13-27)28-14-10-7-11-15-28/h6-15,20,24-26,29-31,33-37,39H,16-19,21-23H2,1-5H3/t25?,26-,29?,30?,31?,33-,35+,36+,37-,40?,41?,42?/m1/s1. The van der Waals surface area contributed by atoms with Gasteiger partial charge in [-0.25, -0.2) is 0 Å². The maximum Gasteiger partial charge on any atom is 0.318 e. The molecule has 12 atom stereocenters. The minimum absolute atomic E-state index is 0.0442. The van der Waals surface area contributed by atoms with Gasteiger partial charge in [0.2, 0.25) is 0 Å². The summed E-state index contributed by atoms with van der Waals surface area (Å²) in [6.45, 7) is 10.3. The van der Waals surface area contributed by atoms with Crippen molar-refractivity contribution in [3.8, 4) is 0 Å². The number of allylic oxidation sites excluding steroid dienone is 1. The van der Waals surface area contributed by atoms with Gasteiger partial charge < -0.3 is 33.2 Å². The Balaban J connectivity index is 1.19. The van der Waals surface area contributed by atoms with E-state index in [4.69, 9.17) is 33.2 Å². The van der Waals surface area contributed by atoms with Crippen LogP contribution in [-0.2, 0) is 38.0 Å². The molecule has 8 nitrogen and oxygen atoms in total. The van der Waals surface area contributed by atoms with E-state index in [9.17, 15) is 0 Å².